The molecule has 4 heteroatoms. The van der Waals surface area contributed by atoms with Crippen LogP contribution in [0.15, 0.2) is 24.3 Å². The Kier molecular flexibility index (Phi) is 5.80. The van der Waals surface area contributed by atoms with Gasteiger partial charge in [0.1, 0.15) is 0 Å². The Labute approximate surface area is 138 Å². The van der Waals surface area contributed by atoms with Crippen LogP contribution in [-0.2, 0) is 4.74 Å². The standard InChI is InChI=1S/C19H27NO3/c1-12(2)16-10-5-13(3)11-17(16)20-18(21)14-6-8-15(9-7-14)19(22)23-4/h6-9,12-13,16-17H,5,10-11H2,1-4H3,(H,20,21)/t13-,16-,17-/m0/s1. The van der Waals surface area contributed by atoms with Crippen LogP contribution in [-0.4, -0.2) is 25.0 Å². The summed E-state index contributed by atoms with van der Waals surface area (Å²) in [6.45, 7) is 6.71. The predicted octanol–water partition coefficient (Wildman–Crippen LogP) is 3.66. The Morgan fingerprint density at radius 1 is 1.13 bits per heavy atom. The van der Waals surface area contributed by atoms with Crippen LogP contribution in [0.25, 0.3) is 0 Å². The number of hydrogen-bond acceptors (Lipinski definition) is 3. The van der Waals surface area contributed by atoms with Gasteiger partial charge in [0.2, 0.25) is 0 Å². The van der Waals surface area contributed by atoms with Crippen molar-refractivity contribution < 1.29 is 14.3 Å². The molecule has 3 atom stereocenters. The van der Waals surface area contributed by atoms with E-state index >= 15 is 0 Å². The van der Waals surface area contributed by atoms with Crippen LogP contribution in [0.2, 0.25) is 0 Å². The maximum absolute atomic E-state index is 12.5. The van der Waals surface area contributed by atoms with Gasteiger partial charge in [0.05, 0.1) is 12.7 Å². The Morgan fingerprint density at radius 3 is 2.30 bits per heavy atom. The quantitative estimate of drug-likeness (QED) is 0.862. The highest BCUT2D eigenvalue weighted by Gasteiger charge is 2.31. The molecule has 0 unspecified atom stereocenters. The average Bonchev–Trinajstić information content (AvgIpc) is 2.54. The first kappa shape index (κ1) is 17.5. The van der Waals surface area contributed by atoms with Crippen LogP contribution in [0.1, 0.15) is 60.7 Å². The molecule has 0 saturated heterocycles. The minimum absolute atomic E-state index is 0.0637. The number of ether oxygens (including phenoxy) is 1. The van der Waals surface area contributed by atoms with Crippen molar-refractivity contribution in [3.63, 3.8) is 0 Å². The zero-order valence-electron chi connectivity index (χ0n) is 14.5. The first-order chi connectivity index (χ1) is 10.9. The van der Waals surface area contributed by atoms with Gasteiger partial charge in [0.25, 0.3) is 5.91 Å². The van der Waals surface area contributed by atoms with Crippen LogP contribution in [0, 0.1) is 17.8 Å². The molecular formula is C19H27NO3. The minimum atomic E-state index is -0.391. The lowest BCUT2D eigenvalue weighted by atomic mass is 9.74. The second-order valence-corrected chi connectivity index (χ2v) is 6.97. The fourth-order valence-corrected chi connectivity index (χ4v) is 3.50. The van der Waals surface area contributed by atoms with Crippen molar-refractivity contribution >= 4 is 11.9 Å². The molecule has 4 nitrogen and oxygen atoms in total. The number of carbonyl (C=O) groups is 2. The van der Waals surface area contributed by atoms with Gasteiger partial charge < -0.3 is 10.1 Å². The predicted molar refractivity (Wildman–Crippen MR) is 90.4 cm³/mol. The van der Waals surface area contributed by atoms with Gasteiger partial charge in [-0.3, -0.25) is 4.79 Å². The van der Waals surface area contributed by atoms with Crippen LogP contribution >= 0.6 is 0 Å². The Morgan fingerprint density at radius 2 is 1.74 bits per heavy atom. The molecule has 1 fully saturated rings. The molecule has 1 aromatic rings. The van der Waals surface area contributed by atoms with E-state index in [9.17, 15) is 9.59 Å². The van der Waals surface area contributed by atoms with Gasteiger partial charge in [0, 0.05) is 11.6 Å². The highest BCUT2D eigenvalue weighted by molar-refractivity contribution is 5.96. The van der Waals surface area contributed by atoms with Crippen LogP contribution < -0.4 is 5.32 Å². The van der Waals surface area contributed by atoms with E-state index in [2.05, 4.69) is 30.8 Å². The molecule has 126 valence electrons. The van der Waals surface area contributed by atoms with E-state index in [4.69, 9.17) is 0 Å². The van der Waals surface area contributed by atoms with E-state index in [1.165, 1.54) is 20.0 Å². The van der Waals surface area contributed by atoms with E-state index < -0.39 is 5.97 Å². The molecule has 23 heavy (non-hydrogen) atoms. The van der Waals surface area contributed by atoms with Crippen molar-refractivity contribution in [2.45, 2.75) is 46.1 Å². The van der Waals surface area contributed by atoms with E-state index in [-0.39, 0.29) is 11.9 Å². The van der Waals surface area contributed by atoms with Crippen molar-refractivity contribution in [2.24, 2.45) is 17.8 Å². The summed E-state index contributed by atoms with van der Waals surface area (Å²) >= 11 is 0. The van der Waals surface area contributed by atoms with Crippen molar-refractivity contribution in [1.82, 2.24) is 5.32 Å². The Bertz CT molecular complexity index is 550. The van der Waals surface area contributed by atoms with Crippen molar-refractivity contribution in [3.8, 4) is 0 Å². The van der Waals surface area contributed by atoms with E-state index in [1.54, 1.807) is 24.3 Å². The molecule has 0 heterocycles. The fraction of sp³-hybridized carbons (Fsp3) is 0.579. The summed E-state index contributed by atoms with van der Waals surface area (Å²) in [5, 5.41) is 3.20. The highest BCUT2D eigenvalue weighted by atomic mass is 16.5. The SMILES string of the molecule is COC(=O)c1ccc(C(=O)N[C@H]2C[C@@H](C)CC[C@H]2C(C)C)cc1. The molecule has 0 aromatic heterocycles. The molecule has 1 aliphatic carbocycles. The van der Waals surface area contributed by atoms with Crippen molar-refractivity contribution in [2.75, 3.05) is 7.11 Å². The summed E-state index contributed by atoms with van der Waals surface area (Å²) in [5.41, 5.74) is 1.04. The largest absolute Gasteiger partial charge is 0.465 e. The van der Waals surface area contributed by atoms with Crippen molar-refractivity contribution in [3.05, 3.63) is 35.4 Å². The number of carbonyl (C=O) groups excluding carboxylic acids is 2. The summed E-state index contributed by atoms with van der Waals surface area (Å²) in [5.74, 6) is 1.29. The number of nitrogens with one attached hydrogen (secondary N) is 1. The van der Waals surface area contributed by atoms with Gasteiger partial charge in [-0.25, -0.2) is 4.79 Å². The molecule has 2 rings (SSSR count). The van der Waals surface area contributed by atoms with Crippen LogP contribution in [0.3, 0.4) is 0 Å². The topological polar surface area (TPSA) is 55.4 Å². The summed E-state index contributed by atoms with van der Waals surface area (Å²) in [7, 11) is 1.35. The van der Waals surface area contributed by atoms with E-state index in [1.807, 2.05) is 0 Å². The molecular weight excluding hydrogens is 290 g/mol. The number of hydrogen-bond donors (Lipinski definition) is 1. The lowest BCUT2D eigenvalue weighted by molar-refractivity contribution is 0.0600. The summed E-state index contributed by atoms with van der Waals surface area (Å²) in [4.78, 5) is 24.0. The first-order valence-electron chi connectivity index (χ1n) is 8.41. The minimum Gasteiger partial charge on any atom is -0.465 e. The molecule has 1 amide bonds. The molecule has 0 aliphatic heterocycles. The van der Waals surface area contributed by atoms with E-state index in [0.717, 1.165) is 6.42 Å². The monoisotopic (exact) mass is 317 g/mol. The van der Waals surface area contributed by atoms with Gasteiger partial charge in [-0.2, -0.15) is 0 Å². The van der Waals surface area contributed by atoms with E-state index in [0.29, 0.717) is 28.9 Å². The van der Waals surface area contributed by atoms with Gasteiger partial charge in [0.15, 0.2) is 0 Å². The van der Waals surface area contributed by atoms with Gasteiger partial charge >= 0.3 is 5.97 Å². The van der Waals surface area contributed by atoms with Crippen LogP contribution in [0.5, 0.6) is 0 Å². The molecule has 1 saturated carbocycles. The number of rotatable bonds is 4. The van der Waals surface area contributed by atoms with Gasteiger partial charge in [-0.1, -0.05) is 27.2 Å². The molecule has 0 spiro atoms. The second-order valence-electron chi connectivity index (χ2n) is 6.97. The first-order valence-corrected chi connectivity index (χ1v) is 8.41. The Balaban J connectivity index is 2.06. The summed E-state index contributed by atoms with van der Waals surface area (Å²) in [6.07, 6.45) is 3.45. The maximum Gasteiger partial charge on any atom is 0.337 e. The molecule has 1 aromatic carbocycles. The van der Waals surface area contributed by atoms with Gasteiger partial charge in [-0.05, 0) is 54.9 Å². The maximum atomic E-state index is 12.5. The lowest BCUT2D eigenvalue weighted by Crippen LogP contribution is -2.45. The normalized spacial score (nSPS) is 24.3. The zero-order chi connectivity index (χ0) is 17.0. The highest BCUT2D eigenvalue weighted by Crippen LogP contribution is 2.33. The third-order valence-electron chi connectivity index (χ3n) is 4.91. The van der Waals surface area contributed by atoms with Crippen molar-refractivity contribution in [1.29, 1.82) is 0 Å². The second kappa shape index (κ2) is 7.62. The lowest BCUT2D eigenvalue weighted by Gasteiger charge is -2.37. The zero-order valence-corrected chi connectivity index (χ0v) is 14.5. The van der Waals surface area contributed by atoms with Gasteiger partial charge in [-0.15, -0.1) is 0 Å². The molecule has 1 N–H and O–H groups in total. The third-order valence-corrected chi connectivity index (χ3v) is 4.91. The molecule has 1 aliphatic rings. The van der Waals surface area contributed by atoms with Crippen LogP contribution in [0.4, 0.5) is 0 Å². The number of benzene rings is 1. The fourth-order valence-electron chi connectivity index (χ4n) is 3.50. The average molecular weight is 317 g/mol. The Hall–Kier alpha value is -1.84. The number of methoxy groups -OCH3 is 1. The molecule has 0 radical (unpaired) electrons. The number of esters is 1. The number of amides is 1. The summed E-state index contributed by atoms with van der Waals surface area (Å²) in [6, 6.07) is 6.84. The third kappa shape index (κ3) is 4.34. The summed E-state index contributed by atoms with van der Waals surface area (Å²) < 4.78 is 4.67. The smallest absolute Gasteiger partial charge is 0.337 e. The molecule has 0 bridgehead atoms.